The number of rotatable bonds is 3. The lowest BCUT2D eigenvalue weighted by molar-refractivity contribution is -0.150. The molecule has 1 N–H and O–H groups in total. The Kier molecular flexibility index (Phi) is 3.57. The summed E-state index contributed by atoms with van der Waals surface area (Å²) in [5.74, 6) is 0.355. The first-order valence-corrected chi connectivity index (χ1v) is 8.04. The molecule has 0 aliphatic carbocycles. The summed E-state index contributed by atoms with van der Waals surface area (Å²) in [7, 11) is 0. The molecular weight excluding hydrogens is 286 g/mol. The van der Waals surface area contributed by atoms with Crippen LogP contribution in [0.3, 0.4) is 0 Å². The summed E-state index contributed by atoms with van der Waals surface area (Å²) in [6, 6.07) is 1.99. The molecule has 1 saturated heterocycles. The predicted octanol–water partition coefficient (Wildman–Crippen LogP) is 3.02. The largest absolute Gasteiger partial charge is 0.481 e. The zero-order valence-corrected chi connectivity index (χ0v) is 13.1. The van der Waals surface area contributed by atoms with Crippen molar-refractivity contribution in [1.82, 2.24) is 9.97 Å². The second-order valence-electron chi connectivity index (χ2n) is 6.14. The first kappa shape index (κ1) is 14.3. The van der Waals surface area contributed by atoms with Gasteiger partial charge in [0.15, 0.2) is 0 Å². The fourth-order valence-electron chi connectivity index (χ4n) is 2.93. The van der Waals surface area contributed by atoms with Crippen molar-refractivity contribution in [3.8, 4) is 0 Å². The maximum Gasteiger partial charge on any atom is 0.309 e. The summed E-state index contributed by atoms with van der Waals surface area (Å²) in [6.07, 6.45) is 3.54. The maximum absolute atomic E-state index is 11.5. The lowest BCUT2D eigenvalue weighted by Gasteiger charge is -2.39. The molecule has 1 aliphatic rings. The van der Waals surface area contributed by atoms with E-state index in [1.54, 1.807) is 17.7 Å². The summed E-state index contributed by atoms with van der Waals surface area (Å²) in [4.78, 5) is 22.4. The average molecular weight is 305 g/mol. The lowest BCUT2D eigenvalue weighted by Crippen LogP contribution is -2.45. The molecule has 0 aromatic carbocycles. The van der Waals surface area contributed by atoms with E-state index in [0.29, 0.717) is 0 Å². The topological polar surface area (TPSA) is 66.3 Å². The number of aliphatic carboxylic acids is 1. The third kappa shape index (κ3) is 2.48. The van der Waals surface area contributed by atoms with E-state index in [1.807, 2.05) is 25.3 Å². The normalized spacial score (nSPS) is 19.9. The van der Waals surface area contributed by atoms with Crippen LogP contribution in [0.1, 0.15) is 26.7 Å². The molecular formula is C15H19N3O2S. The number of aromatic nitrogens is 2. The number of fused-ring (bicyclic) bond motifs is 1. The first-order valence-electron chi connectivity index (χ1n) is 7.16. The highest BCUT2D eigenvalue weighted by Crippen LogP contribution is 2.37. The number of carboxylic acids is 1. The summed E-state index contributed by atoms with van der Waals surface area (Å²) >= 11 is 1.64. The van der Waals surface area contributed by atoms with E-state index in [4.69, 9.17) is 0 Å². The van der Waals surface area contributed by atoms with Crippen LogP contribution in [0.2, 0.25) is 0 Å². The van der Waals surface area contributed by atoms with Crippen molar-refractivity contribution in [3.63, 3.8) is 0 Å². The molecule has 5 nitrogen and oxygen atoms in total. The Morgan fingerprint density at radius 1 is 1.48 bits per heavy atom. The number of thiophene rings is 1. The van der Waals surface area contributed by atoms with Gasteiger partial charge in [-0.25, -0.2) is 9.97 Å². The molecule has 2 aromatic heterocycles. The molecule has 0 spiro atoms. The minimum Gasteiger partial charge on any atom is -0.481 e. The van der Waals surface area contributed by atoms with Gasteiger partial charge in [0.2, 0.25) is 0 Å². The second kappa shape index (κ2) is 5.26. The van der Waals surface area contributed by atoms with Gasteiger partial charge >= 0.3 is 5.97 Å². The smallest absolute Gasteiger partial charge is 0.309 e. The summed E-state index contributed by atoms with van der Waals surface area (Å²) < 4.78 is 1.09. The molecule has 3 heterocycles. The number of carboxylic acid groups (broad SMARTS) is 1. The Hall–Kier alpha value is -1.69. The van der Waals surface area contributed by atoms with Crippen molar-refractivity contribution in [1.29, 1.82) is 0 Å². The van der Waals surface area contributed by atoms with E-state index < -0.39 is 11.4 Å². The summed E-state index contributed by atoms with van der Waals surface area (Å²) in [5, 5.41) is 11.5. The van der Waals surface area contributed by atoms with Gasteiger partial charge in [0.05, 0.1) is 15.6 Å². The summed E-state index contributed by atoms with van der Waals surface area (Å²) in [6.45, 7) is 5.31. The third-order valence-electron chi connectivity index (χ3n) is 4.52. The van der Waals surface area contributed by atoms with Crippen LogP contribution in [0.4, 0.5) is 5.82 Å². The van der Waals surface area contributed by atoms with Crippen LogP contribution in [-0.2, 0) is 4.79 Å². The van der Waals surface area contributed by atoms with Crippen LogP contribution in [0.5, 0.6) is 0 Å². The van der Waals surface area contributed by atoms with Crippen LogP contribution < -0.4 is 4.90 Å². The Labute approximate surface area is 127 Å². The lowest BCUT2D eigenvalue weighted by atomic mass is 9.74. The highest BCUT2D eigenvalue weighted by atomic mass is 32.1. The van der Waals surface area contributed by atoms with Gasteiger partial charge in [-0.1, -0.05) is 0 Å². The molecule has 1 unspecified atom stereocenters. The third-order valence-corrected chi connectivity index (χ3v) is 5.42. The van der Waals surface area contributed by atoms with E-state index in [0.717, 1.165) is 42.0 Å². The molecule has 6 heteroatoms. The molecule has 1 atom stereocenters. The van der Waals surface area contributed by atoms with E-state index in [2.05, 4.69) is 14.9 Å². The molecule has 2 aromatic rings. The zero-order valence-electron chi connectivity index (χ0n) is 12.2. The number of hydrogen-bond acceptors (Lipinski definition) is 5. The van der Waals surface area contributed by atoms with Gasteiger partial charge in [-0.15, -0.1) is 11.3 Å². The van der Waals surface area contributed by atoms with Gasteiger partial charge in [0.25, 0.3) is 0 Å². The number of nitrogens with zero attached hydrogens (tertiary/aromatic N) is 3. The fraction of sp³-hybridized carbons (Fsp3) is 0.533. The quantitative estimate of drug-likeness (QED) is 0.944. The van der Waals surface area contributed by atoms with Gasteiger partial charge in [-0.3, -0.25) is 4.79 Å². The van der Waals surface area contributed by atoms with E-state index in [-0.39, 0.29) is 5.92 Å². The Bertz CT molecular complexity index is 668. The van der Waals surface area contributed by atoms with Gasteiger partial charge in [-0.2, -0.15) is 0 Å². The average Bonchev–Trinajstić information content (AvgIpc) is 2.95. The number of anilines is 1. The van der Waals surface area contributed by atoms with Crippen molar-refractivity contribution >= 4 is 33.3 Å². The van der Waals surface area contributed by atoms with E-state index in [9.17, 15) is 9.90 Å². The predicted molar refractivity (Wildman–Crippen MR) is 83.8 cm³/mol. The molecule has 0 saturated carbocycles. The Morgan fingerprint density at radius 3 is 3.05 bits per heavy atom. The molecule has 1 aliphatic heterocycles. The van der Waals surface area contributed by atoms with E-state index in [1.165, 1.54) is 0 Å². The van der Waals surface area contributed by atoms with E-state index >= 15 is 0 Å². The molecule has 112 valence electrons. The molecule has 21 heavy (non-hydrogen) atoms. The minimum atomic E-state index is -0.724. The second-order valence-corrected chi connectivity index (χ2v) is 7.06. The van der Waals surface area contributed by atoms with Crippen molar-refractivity contribution in [2.45, 2.75) is 26.7 Å². The van der Waals surface area contributed by atoms with Crippen LogP contribution >= 0.6 is 11.3 Å². The minimum absolute atomic E-state index is 0.133. The molecule has 3 rings (SSSR count). The van der Waals surface area contributed by atoms with Gasteiger partial charge in [0.1, 0.15) is 12.1 Å². The van der Waals surface area contributed by atoms with Crippen LogP contribution in [0.15, 0.2) is 17.8 Å². The Balaban J connectivity index is 1.90. The number of piperidine rings is 1. The molecule has 0 amide bonds. The van der Waals surface area contributed by atoms with Crippen LogP contribution in [-0.4, -0.2) is 34.1 Å². The highest BCUT2D eigenvalue weighted by molar-refractivity contribution is 7.17. The number of hydrogen-bond donors (Lipinski definition) is 1. The fourth-order valence-corrected chi connectivity index (χ4v) is 3.80. The maximum atomic E-state index is 11.5. The SMILES string of the molecule is CC(C)(C(=O)O)C1CCCN(c2ncnc3ccsc23)C1. The van der Waals surface area contributed by atoms with Crippen molar-refractivity contribution in [3.05, 3.63) is 17.8 Å². The molecule has 0 radical (unpaired) electrons. The van der Waals surface area contributed by atoms with Gasteiger partial charge < -0.3 is 10.0 Å². The van der Waals surface area contributed by atoms with Gasteiger partial charge in [0, 0.05) is 13.1 Å². The van der Waals surface area contributed by atoms with Crippen LogP contribution in [0.25, 0.3) is 10.2 Å². The summed E-state index contributed by atoms with van der Waals surface area (Å²) in [5.41, 5.74) is 0.255. The number of carbonyl (C=O) groups is 1. The molecule has 0 bridgehead atoms. The highest BCUT2D eigenvalue weighted by Gasteiger charge is 2.39. The molecule has 1 fully saturated rings. The Morgan fingerprint density at radius 2 is 2.29 bits per heavy atom. The van der Waals surface area contributed by atoms with Crippen molar-refractivity contribution in [2.24, 2.45) is 11.3 Å². The van der Waals surface area contributed by atoms with Gasteiger partial charge in [-0.05, 0) is 44.1 Å². The van der Waals surface area contributed by atoms with Crippen LogP contribution in [0, 0.1) is 11.3 Å². The first-order chi connectivity index (χ1) is 10.00. The monoisotopic (exact) mass is 305 g/mol. The van der Waals surface area contributed by atoms with Crippen molar-refractivity contribution < 1.29 is 9.90 Å². The zero-order chi connectivity index (χ0) is 15.0. The standard InChI is InChI=1S/C15H19N3O2S/c1-15(2,14(19)20)10-4-3-6-18(8-10)13-12-11(5-7-21-12)16-9-17-13/h5,7,9-10H,3-4,6,8H2,1-2H3,(H,19,20). The van der Waals surface area contributed by atoms with Crippen molar-refractivity contribution in [2.75, 3.05) is 18.0 Å².